The maximum absolute atomic E-state index is 8.69. The molecule has 0 aromatic carbocycles. The average molecular weight is 131 g/mol. The summed E-state index contributed by atoms with van der Waals surface area (Å²) in [7, 11) is 0. The summed E-state index contributed by atoms with van der Waals surface area (Å²) >= 11 is -5.38. The molecule has 0 aliphatic carbocycles. The van der Waals surface area contributed by atoms with E-state index >= 15 is 0 Å². The van der Waals surface area contributed by atoms with Gasteiger partial charge < -0.3 is 2.85 Å². The van der Waals surface area contributed by atoms with Crippen molar-refractivity contribution < 1.29 is 31.5 Å². The third kappa shape index (κ3) is 16100. The van der Waals surface area contributed by atoms with E-state index in [1.165, 1.54) is 0 Å². The van der Waals surface area contributed by atoms with Crippen molar-refractivity contribution in [2.75, 3.05) is 0 Å². The summed E-state index contributed by atoms with van der Waals surface area (Å²) in [6, 6.07) is 0. The zero-order valence-corrected chi connectivity index (χ0v) is 3.94. The van der Waals surface area contributed by atoms with E-state index in [1.807, 2.05) is 0 Å². The van der Waals surface area contributed by atoms with Gasteiger partial charge in [0.2, 0.25) is 0 Å². The first-order valence-corrected chi connectivity index (χ1v) is 2.61. The van der Waals surface area contributed by atoms with E-state index in [0.717, 1.165) is 0 Å². The summed E-state index contributed by atoms with van der Waals surface area (Å²) in [4.78, 5) is 0. The van der Waals surface area contributed by atoms with Crippen LogP contribution in [0.1, 0.15) is 2.85 Å². The predicted molar refractivity (Wildman–Crippen MR) is 12.3 cm³/mol. The molecule has 0 amide bonds. The summed E-state index contributed by atoms with van der Waals surface area (Å²) in [5, 5.41) is 0. The monoisotopic (exact) mass is 131 g/mol. The molecule has 0 spiro atoms. The first-order chi connectivity index (χ1) is 2.00. The Hall–Kier alpha value is 0.0483. The third-order valence-electron chi connectivity index (χ3n) is 0. The molecule has 0 aromatic rings. The Morgan fingerprint density at radius 3 is 1.33 bits per heavy atom. The van der Waals surface area contributed by atoms with E-state index in [-0.39, 0.29) is 13.0 Å². The van der Waals surface area contributed by atoms with Crippen molar-refractivity contribution >= 4 is 10.1 Å². The van der Waals surface area contributed by atoms with Crippen LogP contribution in [-0.4, -0.2) is 14.3 Å². The van der Waals surface area contributed by atoms with Gasteiger partial charge in [-0.15, -0.1) is 0 Å². The van der Waals surface area contributed by atoms with Crippen molar-refractivity contribution in [3.8, 4) is 0 Å². The van der Waals surface area contributed by atoms with E-state index in [1.54, 1.807) is 0 Å². The van der Waals surface area contributed by atoms with Gasteiger partial charge in [-0.05, 0) is 0 Å². The van der Waals surface area contributed by atoms with Crippen LogP contribution in [0.25, 0.3) is 0 Å². The molecule has 0 atom stereocenters. The summed E-state index contributed by atoms with van der Waals surface area (Å²) in [5.74, 6) is 0. The van der Waals surface area contributed by atoms with Crippen LogP contribution in [0, 0.1) is 0 Å². The van der Waals surface area contributed by atoms with E-state index in [9.17, 15) is 0 Å². The Labute approximate surface area is 42.5 Å². The molecular weight excluding hydrogens is 128 g/mol. The summed E-state index contributed by atoms with van der Waals surface area (Å²) in [5.41, 5.74) is 0. The molecule has 0 heterocycles. The molecule has 0 rings (SSSR count). The molecule has 0 radical (unpaired) electrons. The van der Waals surface area contributed by atoms with Crippen molar-refractivity contribution in [3.63, 3.8) is 0 Å². The Morgan fingerprint density at radius 1 is 1.33 bits per heavy atom. The van der Waals surface area contributed by atoms with Crippen LogP contribution in [0.15, 0.2) is 0 Å². The summed E-state index contributed by atoms with van der Waals surface area (Å²) in [6.07, 6.45) is 0. The van der Waals surface area contributed by atoms with Crippen LogP contribution < -0.4 is 0 Å². The van der Waals surface area contributed by atoms with Gasteiger partial charge >= 0.3 is 38.8 Å². The van der Waals surface area contributed by atoms with Crippen LogP contribution in [0.4, 0.5) is 0 Å². The molecule has 6 heavy (non-hydrogen) atoms. The maximum atomic E-state index is 8.69. The number of hydrogen-bond acceptors (Lipinski definition) is 3. The Bertz CT molecular complexity index is 135. The SMILES string of the molecule is [Be+2].[H-].[H-].[O]=[Mn](=[O])(=[O])[OH]. The van der Waals surface area contributed by atoms with Crippen molar-refractivity contribution in [1.29, 1.82) is 0 Å². The minimum atomic E-state index is -5.38. The molecule has 0 bridgehead atoms. The number of hydrogen-bond donors (Lipinski definition) is 1. The second kappa shape index (κ2) is 2.26. The molecule has 1 N–H and O–H groups in total. The molecule has 0 saturated heterocycles. The first kappa shape index (κ1) is 9.41. The van der Waals surface area contributed by atoms with Gasteiger partial charge in [-0.3, -0.25) is 0 Å². The Kier molecular flexibility index (Phi) is 3.55. The van der Waals surface area contributed by atoms with E-state index in [0.29, 0.717) is 0 Å². The predicted octanol–water partition coefficient (Wildman–Crippen LogP) is -1.07. The van der Waals surface area contributed by atoms with Crippen molar-refractivity contribution in [2.24, 2.45) is 0 Å². The average Bonchev–Trinajstić information content (AvgIpc) is 0.722. The summed E-state index contributed by atoms with van der Waals surface area (Å²) < 4.78 is 33.1. The second-order valence-electron chi connectivity index (χ2n) is 0.396. The molecule has 0 aliphatic rings. The van der Waals surface area contributed by atoms with Gasteiger partial charge in [-0.25, -0.2) is 0 Å². The standard InChI is InChI=1S/Be.Mn.H2O.3O.2H/h;;1H2;;;;;/q+2;+1;;;;;2*-1/p-1. The van der Waals surface area contributed by atoms with E-state index < -0.39 is 13.0 Å². The quantitative estimate of drug-likeness (QED) is 0.425. The van der Waals surface area contributed by atoms with E-state index in [4.69, 9.17) is 15.7 Å². The Balaban J connectivity index is -0.0000000267. The van der Waals surface area contributed by atoms with Gasteiger partial charge in [0.15, 0.2) is 0 Å². The molecule has 0 aromatic heterocycles. The Morgan fingerprint density at radius 2 is 1.33 bits per heavy atom. The fraction of sp³-hybridized carbons (Fsp3) is 0. The zero-order valence-electron chi connectivity index (χ0n) is 4.76. The van der Waals surface area contributed by atoms with Crippen LogP contribution in [0.2, 0.25) is 0 Å². The third-order valence-corrected chi connectivity index (χ3v) is 0. The van der Waals surface area contributed by atoms with Crippen LogP contribution in [-0.2, 0) is 24.5 Å². The minimum absolute atomic E-state index is 0. The molecule has 0 aliphatic heterocycles. The molecule has 0 unspecified atom stereocenters. The van der Waals surface area contributed by atoms with Crippen molar-refractivity contribution in [1.82, 2.24) is 0 Å². The van der Waals surface area contributed by atoms with Crippen molar-refractivity contribution in [2.45, 2.75) is 0 Å². The molecule has 6 heteroatoms. The van der Waals surface area contributed by atoms with Crippen LogP contribution >= 0.6 is 0 Å². The topological polar surface area (TPSA) is 71.4 Å². The molecule has 0 saturated carbocycles. The molecule has 4 nitrogen and oxygen atoms in total. The van der Waals surface area contributed by atoms with Crippen LogP contribution in [0.5, 0.6) is 0 Å². The molecule has 0 fully saturated rings. The fourth-order valence-corrected chi connectivity index (χ4v) is 0. The second-order valence-corrected chi connectivity index (χ2v) is 1.63. The molecule has 36 valence electrons. The van der Waals surface area contributed by atoms with Crippen LogP contribution in [0.3, 0.4) is 0 Å². The fourth-order valence-electron chi connectivity index (χ4n) is 0. The van der Waals surface area contributed by atoms with Gasteiger partial charge in [0, 0.05) is 0 Å². The van der Waals surface area contributed by atoms with E-state index in [2.05, 4.69) is 0 Å². The van der Waals surface area contributed by atoms with Gasteiger partial charge in [-0.1, -0.05) is 0 Å². The molecular formula is H3BeMnO4. The first-order valence-electron chi connectivity index (χ1n) is 0.632. The van der Waals surface area contributed by atoms with Gasteiger partial charge in [-0.2, -0.15) is 0 Å². The zero-order chi connectivity index (χ0) is 4.50. The normalized spacial score (nSPS) is 9.50. The number of rotatable bonds is 0. The van der Waals surface area contributed by atoms with Gasteiger partial charge in [0.25, 0.3) is 0 Å². The van der Waals surface area contributed by atoms with Crippen molar-refractivity contribution in [3.05, 3.63) is 0 Å². The van der Waals surface area contributed by atoms with Gasteiger partial charge in [0.1, 0.15) is 0 Å². The summed E-state index contributed by atoms with van der Waals surface area (Å²) in [6.45, 7) is 0. The van der Waals surface area contributed by atoms with Gasteiger partial charge in [0.05, 0.1) is 0 Å².